The van der Waals surface area contributed by atoms with Gasteiger partial charge in [0, 0.05) is 29.9 Å². The molecule has 1 saturated carbocycles. The third kappa shape index (κ3) is 4.09. The summed E-state index contributed by atoms with van der Waals surface area (Å²) in [6.45, 7) is 0.324. The molecule has 2 aromatic rings. The fourth-order valence-corrected chi connectivity index (χ4v) is 5.99. The highest BCUT2D eigenvalue weighted by molar-refractivity contribution is 6.01. The van der Waals surface area contributed by atoms with Crippen LogP contribution in [0.5, 0.6) is 0 Å². The van der Waals surface area contributed by atoms with E-state index in [0.29, 0.717) is 25.2 Å². The Morgan fingerprint density at radius 1 is 1.18 bits per heavy atom. The number of fused-ring (bicyclic) bond motifs is 2. The first-order valence-corrected chi connectivity index (χ1v) is 12.1. The zero-order valence-corrected chi connectivity index (χ0v) is 19.0. The molecule has 5 rings (SSSR count). The van der Waals surface area contributed by atoms with E-state index in [2.05, 4.69) is 15.6 Å². The van der Waals surface area contributed by atoms with Crippen LogP contribution in [0.2, 0.25) is 0 Å². The number of hydrogen-bond acceptors (Lipinski definition) is 5. The smallest absolute Gasteiger partial charge is 0.271 e. The summed E-state index contributed by atoms with van der Waals surface area (Å²) in [5.41, 5.74) is 1.29. The fraction of sp³-hybridized carbons (Fsp3) is 0.520. The lowest BCUT2D eigenvalue weighted by atomic mass is 9.92. The van der Waals surface area contributed by atoms with E-state index in [1.807, 2.05) is 24.3 Å². The monoisotopic (exact) mass is 466 g/mol. The topological polar surface area (TPSA) is 132 Å². The molecule has 0 radical (unpaired) electrons. The number of rotatable bonds is 7. The lowest BCUT2D eigenvalue weighted by Gasteiger charge is -2.29. The Labute approximate surface area is 197 Å². The van der Waals surface area contributed by atoms with Crippen LogP contribution < -0.4 is 10.6 Å². The minimum absolute atomic E-state index is 0.0352. The Morgan fingerprint density at radius 3 is 2.74 bits per heavy atom. The number of nitrogens with one attached hydrogen (secondary N) is 3. The molecule has 34 heavy (non-hydrogen) atoms. The molecule has 9 heteroatoms. The molecule has 5 atom stereocenters. The molecule has 1 aliphatic carbocycles. The van der Waals surface area contributed by atoms with Crippen molar-refractivity contribution in [3.8, 4) is 0 Å². The van der Waals surface area contributed by atoms with E-state index >= 15 is 0 Å². The number of ketones is 1. The average molecular weight is 467 g/mol. The number of aliphatic hydroxyl groups is 1. The predicted molar refractivity (Wildman–Crippen MR) is 124 cm³/mol. The van der Waals surface area contributed by atoms with E-state index in [1.165, 1.54) is 0 Å². The van der Waals surface area contributed by atoms with Crippen molar-refractivity contribution in [1.82, 2.24) is 20.5 Å². The summed E-state index contributed by atoms with van der Waals surface area (Å²) in [5, 5.41) is 15.9. The Hall–Kier alpha value is -3.20. The summed E-state index contributed by atoms with van der Waals surface area (Å²) >= 11 is 0. The van der Waals surface area contributed by atoms with Crippen LogP contribution in [-0.2, 0) is 14.4 Å². The summed E-state index contributed by atoms with van der Waals surface area (Å²) in [5.74, 6) is -1.38. The van der Waals surface area contributed by atoms with Gasteiger partial charge in [0.05, 0.1) is 6.04 Å². The fourth-order valence-electron chi connectivity index (χ4n) is 5.99. The van der Waals surface area contributed by atoms with Crippen LogP contribution in [-0.4, -0.2) is 70.3 Å². The number of amides is 3. The van der Waals surface area contributed by atoms with Crippen LogP contribution in [0.3, 0.4) is 0 Å². The molecule has 9 nitrogen and oxygen atoms in total. The van der Waals surface area contributed by atoms with Crippen molar-refractivity contribution in [2.75, 3.05) is 19.7 Å². The van der Waals surface area contributed by atoms with Gasteiger partial charge < -0.3 is 25.6 Å². The summed E-state index contributed by atoms with van der Waals surface area (Å²) < 4.78 is 0. The number of nitrogens with zero attached hydrogens (tertiary/aromatic N) is 1. The molecule has 4 N–H and O–H groups in total. The molecule has 1 aromatic heterocycles. The van der Waals surface area contributed by atoms with Gasteiger partial charge in [-0.15, -0.1) is 0 Å². The minimum atomic E-state index is -0.961. The first-order valence-electron chi connectivity index (χ1n) is 12.1. The Bertz CT molecular complexity index is 1090. The van der Waals surface area contributed by atoms with Gasteiger partial charge in [0.25, 0.3) is 5.91 Å². The largest absolute Gasteiger partial charge is 0.389 e. The second kappa shape index (κ2) is 9.21. The molecule has 0 unspecified atom stereocenters. The highest BCUT2D eigenvalue weighted by atomic mass is 16.3. The maximum Gasteiger partial charge on any atom is 0.271 e. The van der Waals surface area contributed by atoms with Crippen molar-refractivity contribution < 1.29 is 24.3 Å². The van der Waals surface area contributed by atoms with Gasteiger partial charge in [-0.3, -0.25) is 19.2 Å². The average Bonchev–Trinajstić information content (AvgIpc) is 3.61. The van der Waals surface area contributed by atoms with Gasteiger partial charge in [-0.2, -0.15) is 0 Å². The van der Waals surface area contributed by atoms with Gasteiger partial charge in [0.2, 0.25) is 11.8 Å². The molecule has 3 fully saturated rings. The molecule has 180 valence electrons. The van der Waals surface area contributed by atoms with E-state index in [1.54, 1.807) is 11.0 Å². The van der Waals surface area contributed by atoms with E-state index < -0.39 is 24.5 Å². The van der Waals surface area contributed by atoms with E-state index in [0.717, 1.165) is 30.2 Å². The van der Waals surface area contributed by atoms with Gasteiger partial charge in [-0.25, -0.2) is 0 Å². The molecular weight excluding hydrogens is 436 g/mol. The maximum atomic E-state index is 13.5. The molecule has 0 bridgehead atoms. The normalized spacial score (nSPS) is 27.0. The predicted octanol–water partition coefficient (Wildman–Crippen LogP) is 0.981. The second-order valence-electron chi connectivity index (χ2n) is 9.73. The second-order valence-corrected chi connectivity index (χ2v) is 9.73. The van der Waals surface area contributed by atoms with Crippen molar-refractivity contribution in [3.63, 3.8) is 0 Å². The highest BCUT2D eigenvalue weighted by Gasteiger charge is 2.50. The van der Waals surface area contributed by atoms with Gasteiger partial charge in [-0.1, -0.05) is 24.6 Å². The lowest BCUT2D eigenvalue weighted by Crippen LogP contribution is -2.53. The number of aliphatic hydroxyl groups excluding tert-OH is 1. The first-order chi connectivity index (χ1) is 16.5. The number of aromatic amines is 1. The number of benzene rings is 1. The van der Waals surface area contributed by atoms with Crippen molar-refractivity contribution in [2.24, 2.45) is 17.8 Å². The number of Topliss-reactive ketones (excluding diaryl/α,β-unsaturated/α-hetero) is 1. The number of aromatic nitrogens is 1. The highest BCUT2D eigenvalue weighted by Crippen LogP contribution is 2.43. The van der Waals surface area contributed by atoms with Crippen LogP contribution in [0.1, 0.15) is 42.6 Å². The van der Waals surface area contributed by atoms with Gasteiger partial charge in [0.15, 0.2) is 5.78 Å². The van der Waals surface area contributed by atoms with Crippen LogP contribution in [0.25, 0.3) is 10.9 Å². The van der Waals surface area contributed by atoms with Crippen molar-refractivity contribution in [1.29, 1.82) is 0 Å². The summed E-state index contributed by atoms with van der Waals surface area (Å²) in [7, 11) is 0. The van der Waals surface area contributed by atoms with Gasteiger partial charge in [0.1, 0.15) is 18.3 Å². The third-order valence-corrected chi connectivity index (χ3v) is 7.72. The first kappa shape index (κ1) is 22.6. The lowest BCUT2D eigenvalue weighted by molar-refractivity contribution is -0.133. The molecule has 1 aromatic carbocycles. The number of hydrogen-bond donors (Lipinski definition) is 4. The van der Waals surface area contributed by atoms with Gasteiger partial charge >= 0.3 is 0 Å². The van der Waals surface area contributed by atoms with Gasteiger partial charge in [-0.05, 0) is 49.7 Å². The number of carbonyl (C=O) groups is 4. The zero-order valence-electron chi connectivity index (χ0n) is 19.0. The third-order valence-electron chi connectivity index (χ3n) is 7.72. The van der Waals surface area contributed by atoms with E-state index in [4.69, 9.17) is 0 Å². The number of carbonyl (C=O) groups excluding carboxylic acids is 4. The molecule has 3 amide bonds. The summed E-state index contributed by atoms with van der Waals surface area (Å²) in [4.78, 5) is 56.3. The number of para-hydroxylation sites is 1. The van der Waals surface area contributed by atoms with Crippen LogP contribution >= 0.6 is 0 Å². The Morgan fingerprint density at radius 2 is 2.00 bits per heavy atom. The van der Waals surface area contributed by atoms with E-state index in [-0.39, 0.29) is 41.9 Å². The Balaban J connectivity index is 1.38. The molecule has 2 saturated heterocycles. The summed E-state index contributed by atoms with van der Waals surface area (Å²) in [6.07, 6.45) is 3.56. The minimum Gasteiger partial charge on any atom is -0.389 e. The SMILES string of the molecule is O=C1NCC[C@H]1C[C@@H](NC(=O)[C@@H]1[C@H]2CCC[C@H]2CN1C(=O)c1cc2ccccc2[nH]1)C(=O)CO. The van der Waals surface area contributed by atoms with Crippen LogP contribution in [0.15, 0.2) is 30.3 Å². The van der Waals surface area contributed by atoms with Crippen molar-refractivity contribution in [2.45, 2.75) is 44.2 Å². The molecular formula is C25H30N4O5. The number of likely N-dealkylation sites (tertiary alicyclic amines) is 1. The zero-order chi connectivity index (χ0) is 23.8. The summed E-state index contributed by atoms with van der Waals surface area (Å²) in [6, 6.07) is 7.79. The molecule has 3 heterocycles. The Kier molecular flexibility index (Phi) is 6.12. The van der Waals surface area contributed by atoms with Crippen LogP contribution in [0.4, 0.5) is 0 Å². The standard InChI is InChI=1S/C25H30N4O5/c30-13-21(31)19(11-15-8-9-26-23(15)32)28-24(33)22-17-6-3-5-16(17)12-29(22)25(34)20-10-14-4-1-2-7-18(14)27-20/h1-2,4,7,10,15-17,19,22,27,30H,3,5-6,8-9,11-13H2,(H,26,32)(H,28,33)/t15-,16-,17-,19+,22-/m0/s1. The van der Waals surface area contributed by atoms with Crippen molar-refractivity contribution >= 4 is 34.4 Å². The number of H-pyrrole nitrogens is 1. The molecule has 2 aliphatic heterocycles. The quantitative estimate of drug-likeness (QED) is 0.483. The van der Waals surface area contributed by atoms with Crippen molar-refractivity contribution in [3.05, 3.63) is 36.0 Å². The van der Waals surface area contributed by atoms with E-state index in [9.17, 15) is 24.3 Å². The molecule has 0 spiro atoms. The maximum absolute atomic E-state index is 13.5. The van der Waals surface area contributed by atoms with Crippen LogP contribution in [0, 0.1) is 17.8 Å². The molecule has 3 aliphatic rings.